The molecule has 1 unspecified atom stereocenters. The van der Waals surface area contributed by atoms with Crippen LogP contribution in [-0.2, 0) is 6.42 Å². The van der Waals surface area contributed by atoms with Crippen LogP contribution in [0, 0.1) is 11.6 Å². The molecule has 1 aromatic rings. The van der Waals surface area contributed by atoms with E-state index in [0.717, 1.165) is 50.9 Å². The van der Waals surface area contributed by atoms with Crippen molar-refractivity contribution in [3.63, 3.8) is 0 Å². The molecule has 1 aromatic carbocycles. The minimum Gasteiger partial charge on any atom is -0.391 e. The molecular weight excluding hydrogens is 272 g/mol. The normalized spacial score (nSPS) is 19.1. The molecule has 1 saturated carbocycles. The van der Waals surface area contributed by atoms with Gasteiger partial charge >= 0.3 is 0 Å². The number of halogens is 2. The third-order valence-electron chi connectivity index (χ3n) is 4.90. The van der Waals surface area contributed by atoms with E-state index in [1.807, 2.05) is 0 Å². The smallest absolute Gasteiger partial charge is 0.126 e. The molecule has 0 amide bonds. The second kappa shape index (κ2) is 6.84. The van der Waals surface area contributed by atoms with Gasteiger partial charge in [-0.05, 0) is 49.7 Å². The van der Waals surface area contributed by atoms with Gasteiger partial charge in [0.15, 0.2) is 0 Å². The summed E-state index contributed by atoms with van der Waals surface area (Å²) < 4.78 is 27.1. The van der Waals surface area contributed by atoms with Gasteiger partial charge in [-0.2, -0.15) is 0 Å². The maximum atomic E-state index is 13.8. The molecule has 2 nitrogen and oxygen atoms in total. The van der Waals surface area contributed by atoms with Crippen LogP contribution in [0.1, 0.15) is 45.1 Å². The van der Waals surface area contributed by atoms with Gasteiger partial charge in [-0.3, -0.25) is 4.90 Å². The van der Waals surface area contributed by atoms with Gasteiger partial charge in [-0.15, -0.1) is 0 Å². The summed E-state index contributed by atoms with van der Waals surface area (Å²) in [7, 11) is 0. The number of benzene rings is 1. The zero-order valence-electron chi connectivity index (χ0n) is 12.9. The first-order valence-electron chi connectivity index (χ1n) is 7.90. The van der Waals surface area contributed by atoms with Gasteiger partial charge in [0.25, 0.3) is 0 Å². The fourth-order valence-electron chi connectivity index (χ4n) is 3.80. The topological polar surface area (TPSA) is 23.5 Å². The van der Waals surface area contributed by atoms with Gasteiger partial charge in [-0.25, -0.2) is 8.78 Å². The van der Waals surface area contributed by atoms with Crippen molar-refractivity contribution in [2.45, 2.75) is 57.6 Å². The van der Waals surface area contributed by atoms with Gasteiger partial charge in [0.05, 0.1) is 6.10 Å². The van der Waals surface area contributed by atoms with E-state index >= 15 is 0 Å². The van der Waals surface area contributed by atoms with Gasteiger partial charge in [0, 0.05) is 12.0 Å². The molecule has 1 fully saturated rings. The van der Waals surface area contributed by atoms with E-state index in [1.165, 1.54) is 6.07 Å². The van der Waals surface area contributed by atoms with Gasteiger partial charge in [0.1, 0.15) is 11.6 Å². The minimum absolute atomic E-state index is 0.167. The summed E-state index contributed by atoms with van der Waals surface area (Å²) in [4.78, 5) is 2.28. The molecule has 21 heavy (non-hydrogen) atoms. The Balaban J connectivity index is 2.23. The van der Waals surface area contributed by atoms with Crippen molar-refractivity contribution in [3.8, 4) is 0 Å². The number of rotatable bonds is 6. The fourth-order valence-corrected chi connectivity index (χ4v) is 3.80. The lowest BCUT2D eigenvalue weighted by atomic mass is 9.84. The third-order valence-corrected chi connectivity index (χ3v) is 4.90. The van der Waals surface area contributed by atoms with Crippen molar-refractivity contribution in [1.82, 2.24) is 4.90 Å². The molecule has 2 rings (SSSR count). The Bertz CT molecular complexity index is 468. The summed E-state index contributed by atoms with van der Waals surface area (Å²) in [6.45, 7) is 5.89. The van der Waals surface area contributed by atoms with Crippen LogP contribution in [-0.4, -0.2) is 34.7 Å². The van der Waals surface area contributed by atoms with E-state index in [2.05, 4.69) is 18.7 Å². The summed E-state index contributed by atoms with van der Waals surface area (Å²) >= 11 is 0. The molecule has 0 radical (unpaired) electrons. The van der Waals surface area contributed by atoms with Crippen molar-refractivity contribution in [3.05, 3.63) is 35.4 Å². The summed E-state index contributed by atoms with van der Waals surface area (Å²) in [6.07, 6.45) is 3.51. The zero-order chi connectivity index (χ0) is 15.5. The van der Waals surface area contributed by atoms with E-state index in [9.17, 15) is 13.9 Å². The first kappa shape index (κ1) is 16.4. The minimum atomic E-state index is -0.670. The quantitative estimate of drug-likeness (QED) is 0.868. The van der Waals surface area contributed by atoms with Crippen LogP contribution in [0.15, 0.2) is 18.2 Å². The highest BCUT2D eigenvalue weighted by Gasteiger charge is 2.44. The monoisotopic (exact) mass is 297 g/mol. The maximum absolute atomic E-state index is 13.8. The number of hydrogen-bond donors (Lipinski definition) is 1. The predicted octanol–water partition coefficient (Wildman–Crippen LogP) is 3.52. The fraction of sp³-hybridized carbons (Fsp3) is 0.647. The summed E-state index contributed by atoms with van der Waals surface area (Å²) in [5, 5.41) is 10.8. The molecule has 1 N–H and O–H groups in total. The Morgan fingerprint density at radius 2 is 1.81 bits per heavy atom. The highest BCUT2D eigenvalue weighted by Crippen LogP contribution is 2.39. The van der Waals surface area contributed by atoms with Crippen molar-refractivity contribution >= 4 is 0 Å². The molecule has 1 aliphatic carbocycles. The Hall–Kier alpha value is -1.00. The van der Waals surface area contributed by atoms with Gasteiger partial charge in [0.2, 0.25) is 0 Å². The zero-order valence-corrected chi connectivity index (χ0v) is 12.9. The molecule has 0 bridgehead atoms. The lowest BCUT2D eigenvalue weighted by Crippen LogP contribution is -2.55. The molecule has 0 saturated heterocycles. The van der Waals surface area contributed by atoms with Gasteiger partial charge in [-0.1, -0.05) is 26.7 Å². The van der Waals surface area contributed by atoms with Crippen molar-refractivity contribution in [2.75, 3.05) is 13.1 Å². The van der Waals surface area contributed by atoms with Crippen LogP contribution in [0.2, 0.25) is 0 Å². The van der Waals surface area contributed by atoms with E-state index in [4.69, 9.17) is 0 Å². The van der Waals surface area contributed by atoms with Crippen LogP contribution in [0.25, 0.3) is 0 Å². The van der Waals surface area contributed by atoms with Crippen LogP contribution >= 0.6 is 0 Å². The maximum Gasteiger partial charge on any atom is 0.126 e. The molecule has 4 heteroatoms. The molecule has 118 valence electrons. The average Bonchev–Trinajstić information content (AvgIpc) is 2.95. The first-order chi connectivity index (χ1) is 10.0. The number of aliphatic hydroxyl groups is 1. The Morgan fingerprint density at radius 3 is 2.38 bits per heavy atom. The number of likely N-dealkylation sites (N-methyl/N-ethyl adjacent to an activating group) is 1. The first-order valence-corrected chi connectivity index (χ1v) is 7.90. The third kappa shape index (κ3) is 3.27. The highest BCUT2D eigenvalue weighted by molar-refractivity contribution is 5.21. The SMILES string of the molecule is CCN(CC)C1(C(O)Cc2cc(F)ccc2F)CCCC1. The molecule has 1 aliphatic rings. The van der Waals surface area contributed by atoms with E-state index in [0.29, 0.717) is 0 Å². The van der Waals surface area contributed by atoms with E-state index in [1.54, 1.807) is 0 Å². The largest absolute Gasteiger partial charge is 0.391 e. The summed E-state index contributed by atoms with van der Waals surface area (Å²) in [5.41, 5.74) is -0.0247. The van der Waals surface area contributed by atoms with Gasteiger partial charge < -0.3 is 5.11 Å². The number of aliphatic hydroxyl groups excluding tert-OH is 1. The molecule has 0 spiro atoms. The standard InChI is InChI=1S/C17H25F2NO/c1-3-20(4-2)17(9-5-6-10-17)16(21)12-13-11-14(18)7-8-15(13)19/h7-8,11,16,21H,3-6,9-10,12H2,1-2H3. The van der Waals surface area contributed by atoms with Crippen molar-refractivity contribution in [2.24, 2.45) is 0 Å². The molecule has 0 aliphatic heterocycles. The number of nitrogens with zero attached hydrogens (tertiary/aromatic N) is 1. The highest BCUT2D eigenvalue weighted by atomic mass is 19.1. The van der Waals surface area contributed by atoms with Crippen molar-refractivity contribution in [1.29, 1.82) is 0 Å². The van der Waals surface area contributed by atoms with Crippen molar-refractivity contribution < 1.29 is 13.9 Å². The second-order valence-electron chi connectivity index (χ2n) is 5.94. The molecule has 0 heterocycles. The summed E-state index contributed by atoms with van der Waals surface area (Å²) in [6, 6.07) is 3.44. The second-order valence-corrected chi connectivity index (χ2v) is 5.94. The lowest BCUT2D eigenvalue weighted by Gasteiger charge is -2.44. The lowest BCUT2D eigenvalue weighted by molar-refractivity contribution is -0.0248. The van der Waals surface area contributed by atoms with E-state index < -0.39 is 17.7 Å². The Kier molecular flexibility index (Phi) is 5.33. The molecular formula is C17H25F2NO. The van der Waals surface area contributed by atoms with Crippen LogP contribution < -0.4 is 0 Å². The summed E-state index contributed by atoms with van der Waals surface area (Å²) in [5.74, 6) is -0.898. The van der Waals surface area contributed by atoms with E-state index in [-0.39, 0.29) is 17.5 Å². The predicted molar refractivity (Wildman–Crippen MR) is 80.2 cm³/mol. The van der Waals surface area contributed by atoms with Crippen LogP contribution in [0.3, 0.4) is 0 Å². The van der Waals surface area contributed by atoms with Crippen LogP contribution in [0.4, 0.5) is 8.78 Å². The Labute approximate surface area is 125 Å². The van der Waals surface area contributed by atoms with Crippen LogP contribution in [0.5, 0.6) is 0 Å². The Morgan fingerprint density at radius 1 is 1.19 bits per heavy atom. The molecule has 1 atom stereocenters. The average molecular weight is 297 g/mol. The number of hydrogen-bond acceptors (Lipinski definition) is 2. The molecule has 0 aromatic heterocycles.